The third kappa shape index (κ3) is 6.74. The summed E-state index contributed by atoms with van der Waals surface area (Å²) in [7, 11) is 0. The molecule has 0 saturated carbocycles. The summed E-state index contributed by atoms with van der Waals surface area (Å²) in [6, 6.07) is 24.4. The van der Waals surface area contributed by atoms with Crippen molar-refractivity contribution in [2.75, 3.05) is 19.6 Å². The first-order chi connectivity index (χ1) is 15.0. The minimum atomic E-state index is -0.478. The molecule has 0 aliphatic heterocycles. The average molecular weight is 474 g/mol. The van der Waals surface area contributed by atoms with Crippen LogP contribution in [0.15, 0.2) is 77.7 Å². The highest BCUT2D eigenvalue weighted by molar-refractivity contribution is 7.98. The first-order valence-corrected chi connectivity index (χ1v) is 12.4. The molecule has 0 saturated heterocycles. The summed E-state index contributed by atoms with van der Waals surface area (Å²) in [5, 5.41) is 12.5. The number of likely N-dealkylation sites (N-methyl/N-ethyl adjacent to an activating group) is 1. The molecule has 0 spiro atoms. The highest BCUT2D eigenvalue weighted by Gasteiger charge is 2.24. The zero-order valence-electron chi connectivity index (χ0n) is 18.0. The summed E-state index contributed by atoms with van der Waals surface area (Å²) in [5.41, 5.74) is 3.33. The fourth-order valence-corrected chi connectivity index (χ4v) is 5.18. The summed E-state index contributed by atoms with van der Waals surface area (Å²) in [6.45, 7) is 6.77. The van der Waals surface area contributed by atoms with Crippen LogP contribution >= 0.6 is 35.0 Å². The second-order valence-electron chi connectivity index (χ2n) is 7.53. The molecule has 0 radical (unpaired) electrons. The van der Waals surface area contributed by atoms with Crippen LogP contribution in [0, 0.1) is 0 Å². The normalized spacial score (nSPS) is 13.4. The Labute approximate surface area is 200 Å². The fraction of sp³-hybridized carbons (Fsp3) is 0.308. The van der Waals surface area contributed by atoms with Gasteiger partial charge in [0.25, 0.3) is 0 Å². The highest BCUT2D eigenvalue weighted by atomic mass is 35.5. The van der Waals surface area contributed by atoms with Crippen LogP contribution in [-0.4, -0.2) is 35.7 Å². The van der Waals surface area contributed by atoms with Crippen LogP contribution < -0.4 is 0 Å². The van der Waals surface area contributed by atoms with Crippen molar-refractivity contribution in [1.82, 2.24) is 4.90 Å². The Morgan fingerprint density at radius 2 is 1.52 bits per heavy atom. The largest absolute Gasteiger partial charge is 0.391 e. The number of aliphatic hydroxyl groups excluding tert-OH is 1. The number of benzene rings is 3. The molecule has 5 heteroatoms. The SMILES string of the molecule is CCN(CC)CC(O)C(c1ccccc1)c1ccc(SCc2ccc(Cl)cc2Cl)cc1. The van der Waals surface area contributed by atoms with E-state index in [0.717, 1.165) is 35.5 Å². The number of thioether (sulfide) groups is 1. The molecular formula is C26H29Cl2NOS. The molecule has 2 nitrogen and oxygen atoms in total. The lowest BCUT2D eigenvalue weighted by molar-refractivity contribution is 0.104. The number of aliphatic hydroxyl groups is 1. The van der Waals surface area contributed by atoms with Gasteiger partial charge in [0.1, 0.15) is 0 Å². The van der Waals surface area contributed by atoms with Crippen molar-refractivity contribution < 1.29 is 5.11 Å². The maximum absolute atomic E-state index is 11.2. The highest BCUT2D eigenvalue weighted by Crippen LogP contribution is 2.32. The molecule has 0 bridgehead atoms. The lowest BCUT2D eigenvalue weighted by atomic mass is 9.86. The molecule has 3 rings (SSSR count). The molecule has 2 atom stereocenters. The summed E-state index contributed by atoms with van der Waals surface area (Å²) < 4.78 is 0. The smallest absolute Gasteiger partial charge is 0.0776 e. The Morgan fingerprint density at radius 3 is 2.13 bits per heavy atom. The standard InChI is InChI=1S/C26H29Cl2NOS/c1-3-29(4-2)17-25(30)26(19-8-6-5-7-9-19)20-11-14-23(15-12-20)31-18-21-10-13-22(27)16-24(21)28/h5-16,25-26,30H,3-4,17-18H2,1-2H3. The van der Waals surface area contributed by atoms with Gasteiger partial charge in [-0.05, 0) is 54.0 Å². The molecular weight excluding hydrogens is 445 g/mol. The molecule has 2 unspecified atom stereocenters. The number of rotatable bonds is 10. The van der Waals surface area contributed by atoms with Crippen LogP contribution in [0.25, 0.3) is 0 Å². The minimum absolute atomic E-state index is 0.0634. The van der Waals surface area contributed by atoms with E-state index < -0.39 is 6.10 Å². The van der Waals surface area contributed by atoms with Gasteiger partial charge in [-0.1, -0.05) is 85.6 Å². The van der Waals surface area contributed by atoms with Crippen LogP contribution in [0.2, 0.25) is 10.0 Å². The number of halogens is 2. The monoisotopic (exact) mass is 473 g/mol. The van der Waals surface area contributed by atoms with E-state index in [-0.39, 0.29) is 5.92 Å². The van der Waals surface area contributed by atoms with Crippen molar-refractivity contribution in [3.8, 4) is 0 Å². The van der Waals surface area contributed by atoms with E-state index in [2.05, 4.69) is 55.1 Å². The minimum Gasteiger partial charge on any atom is -0.391 e. The molecule has 0 aliphatic rings. The van der Waals surface area contributed by atoms with E-state index in [4.69, 9.17) is 23.2 Å². The Kier molecular flexibility index (Phi) is 9.30. The van der Waals surface area contributed by atoms with Gasteiger partial charge >= 0.3 is 0 Å². The predicted molar refractivity (Wildman–Crippen MR) is 135 cm³/mol. The quantitative estimate of drug-likeness (QED) is 0.317. The predicted octanol–water partition coefficient (Wildman–Crippen LogP) is 7.12. The van der Waals surface area contributed by atoms with Gasteiger partial charge in [0.05, 0.1) is 6.10 Å². The van der Waals surface area contributed by atoms with Gasteiger partial charge in [-0.2, -0.15) is 0 Å². The second kappa shape index (κ2) is 11.9. The van der Waals surface area contributed by atoms with Crippen molar-refractivity contribution in [3.05, 3.63) is 99.5 Å². The number of hydrogen-bond acceptors (Lipinski definition) is 3. The van der Waals surface area contributed by atoms with E-state index in [9.17, 15) is 5.11 Å². The third-order valence-corrected chi connectivity index (χ3v) is 7.18. The summed E-state index contributed by atoms with van der Waals surface area (Å²) >= 11 is 14.0. The topological polar surface area (TPSA) is 23.5 Å². The van der Waals surface area contributed by atoms with Crippen molar-refractivity contribution in [2.24, 2.45) is 0 Å². The Morgan fingerprint density at radius 1 is 0.871 bits per heavy atom. The van der Waals surface area contributed by atoms with E-state index in [1.807, 2.05) is 30.3 Å². The van der Waals surface area contributed by atoms with E-state index in [1.54, 1.807) is 17.8 Å². The molecule has 0 heterocycles. The molecule has 3 aromatic carbocycles. The van der Waals surface area contributed by atoms with Crippen molar-refractivity contribution >= 4 is 35.0 Å². The van der Waals surface area contributed by atoms with Crippen molar-refractivity contribution in [2.45, 2.75) is 36.5 Å². The van der Waals surface area contributed by atoms with Crippen LogP contribution in [0.4, 0.5) is 0 Å². The zero-order chi connectivity index (χ0) is 22.2. The van der Waals surface area contributed by atoms with Gasteiger partial charge in [0.15, 0.2) is 0 Å². The molecule has 164 valence electrons. The first kappa shape index (κ1) is 24.2. The average Bonchev–Trinajstić information content (AvgIpc) is 2.78. The fourth-order valence-electron chi connectivity index (χ4n) is 3.72. The van der Waals surface area contributed by atoms with E-state index in [1.165, 1.54) is 4.90 Å². The molecule has 1 N–H and O–H groups in total. The zero-order valence-corrected chi connectivity index (χ0v) is 20.3. The molecule has 0 aliphatic carbocycles. The third-order valence-electron chi connectivity index (χ3n) is 5.53. The molecule has 31 heavy (non-hydrogen) atoms. The van der Waals surface area contributed by atoms with E-state index >= 15 is 0 Å². The van der Waals surface area contributed by atoms with Crippen molar-refractivity contribution in [3.63, 3.8) is 0 Å². The Bertz CT molecular complexity index is 945. The van der Waals surface area contributed by atoms with Gasteiger partial charge in [-0.15, -0.1) is 11.8 Å². The first-order valence-electron chi connectivity index (χ1n) is 10.6. The molecule has 3 aromatic rings. The molecule has 0 amide bonds. The lowest BCUT2D eigenvalue weighted by Crippen LogP contribution is -2.36. The van der Waals surface area contributed by atoms with Crippen molar-refractivity contribution in [1.29, 1.82) is 0 Å². The van der Waals surface area contributed by atoms with E-state index in [0.29, 0.717) is 16.6 Å². The molecule has 0 aromatic heterocycles. The van der Waals surface area contributed by atoms with Crippen LogP contribution in [-0.2, 0) is 5.75 Å². The van der Waals surface area contributed by atoms with Gasteiger partial charge in [0.2, 0.25) is 0 Å². The number of nitrogens with zero attached hydrogens (tertiary/aromatic N) is 1. The van der Waals surface area contributed by atoms with Gasteiger partial charge in [-0.3, -0.25) is 0 Å². The lowest BCUT2D eigenvalue weighted by Gasteiger charge is -2.29. The second-order valence-corrected chi connectivity index (χ2v) is 9.43. The molecule has 0 fully saturated rings. The van der Waals surface area contributed by atoms with Gasteiger partial charge in [-0.25, -0.2) is 0 Å². The summed E-state index contributed by atoms with van der Waals surface area (Å²) in [4.78, 5) is 3.43. The van der Waals surface area contributed by atoms with Gasteiger partial charge in [0, 0.05) is 33.2 Å². The maximum atomic E-state index is 11.2. The van der Waals surface area contributed by atoms with Gasteiger partial charge < -0.3 is 10.0 Å². The van der Waals surface area contributed by atoms with Crippen LogP contribution in [0.5, 0.6) is 0 Å². The Hall–Kier alpha value is -1.49. The van der Waals surface area contributed by atoms with Crippen LogP contribution in [0.3, 0.4) is 0 Å². The summed E-state index contributed by atoms with van der Waals surface area (Å²) in [5.74, 6) is 0.716. The summed E-state index contributed by atoms with van der Waals surface area (Å²) in [6.07, 6.45) is -0.478. The Balaban J connectivity index is 1.76. The maximum Gasteiger partial charge on any atom is 0.0776 e. The number of hydrogen-bond donors (Lipinski definition) is 1. The van der Waals surface area contributed by atoms with Crippen LogP contribution in [0.1, 0.15) is 36.5 Å².